The molecule has 0 bridgehead atoms. The monoisotopic (exact) mass is 420 g/mol. The number of rotatable bonds is 5. The van der Waals surface area contributed by atoms with Gasteiger partial charge < -0.3 is 15.5 Å². The van der Waals surface area contributed by atoms with Crippen molar-refractivity contribution < 1.29 is 4.79 Å². The average molecular weight is 420 g/mol. The van der Waals surface area contributed by atoms with Crippen LogP contribution in [-0.2, 0) is 18.4 Å². The molecule has 0 radical (unpaired) electrons. The zero-order valence-corrected chi connectivity index (χ0v) is 15.5. The Balaban J connectivity index is 0.00000242. The summed E-state index contributed by atoms with van der Waals surface area (Å²) in [4.78, 5) is 18.4. The van der Waals surface area contributed by atoms with Crippen LogP contribution in [0.1, 0.15) is 25.3 Å². The molecule has 2 heterocycles. The largest absolute Gasteiger partial charge is 0.357 e. The Hall–Kier alpha value is -1.32. The van der Waals surface area contributed by atoms with Gasteiger partial charge >= 0.3 is 0 Å². The molecule has 124 valence electrons. The molecule has 1 aliphatic rings. The molecule has 2 rings (SSSR count). The highest BCUT2D eigenvalue weighted by Gasteiger charge is 2.17. The van der Waals surface area contributed by atoms with Crippen molar-refractivity contribution in [3.8, 4) is 0 Å². The van der Waals surface area contributed by atoms with Crippen LogP contribution in [0.5, 0.6) is 0 Å². The molecule has 22 heavy (non-hydrogen) atoms. The third-order valence-corrected chi connectivity index (χ3v) is 3.39. The number of nitrogens with one attached hydrogen (secondary N) is 2. The van der Waals surface area contributed by atoms with E-state index in [0.29, 0.717) is 19.0 Å². The van der Waals surface area contributed by atoms with Gasteiger partial charge in [-0.1, -0.05) is 0 Å². The van der Waals surface area contributed by atoms with Crippen LogP contribution in [0.15, 0.2) is 17.4 Å². The number of guanidine groups is 1. The predicted molar refractivity (Wildman–Crippen MR) is 97.3 cm³/mol. The summed E-state index contributed by atoms with van der Waals surface area (Å²) in [5.74, 6) is 0.799. The van der Waals surface area contributed by atoms with Gasteiger partial charge in [0.25, 0.3) is 0 Å². The number of hydrogen-bond acceptors (Lipinski definition) is 3. The van der Waals surface area contributed by atoms with Crippen molar-refractivity contribution in [2.45, 2.75) is 26.3 Å². The van der Waals surface area contributed by atoms with Crippen LogP contribution < -0.4 is 10.6 Å². The first kappa shape index (κ1) is 18.7. The van der Waals surface area contributed by atoms with E-state index < -0.39 is 0 Å². The highest BCUT2D eigenvalue weighted by atomic mass is 127. The van der Waals surface area contributed by atoms with E-state index in [1.807, 2.05) is 25.1 Å². The Bertz CT molecular complexity index is 495. The molecule has 1 fully saturated rings. The second-order valence-corrected chi connectivity index (χ2v) is 5.16. The number of amides is 1. The van der Waals surface area contributed by atoms with E-state index in [0.717, 1.165) is 38.0 Å². The van der Waals surface area contributed by atoms with Gasteiger partial charge in [-0.05, 0) is 19.8 Å². The van der Waals surface area contributed by atoms with Gasteiger partial charge in [-0.25, -0.2) is 4.99 Å². The fraction of sp³-hybridized carbons (Fsp3) is 0.643. The Morgan fingerprint density at radius 3 is 2.68 bits per heavy atom. The predicted octanol–water partition coefficient (Wildman–Crippen LogP) is 0.716. The summed E-state index contributed by atoms with van der Waals surface area (Å²) in [6, 6.07) is 0. The smallest absolute Gasteiger partial charge is 0.241 e. The van der Waals surface area contributed by atoms with Gasteiger partial charge in [-0.3, -0.25) is 9.48 Å². The summed E-state index contributed by atoms with van der Waals surface area (Å²) in [6.07, 6.45) is 5.95. The third-order valence-electron chi connectivity index (χ3n) is 3.39. The van der Waals surface area contributed by atoms with Crippen molar-refractivity contribution in [2.75, 3.05) is 26.2 Å². The molecule has 1 amide bonds. The van der Waals surface area contributed by atoms with Crippen LogP contribution in [0.3, 0.4) is 0 Å². The molecule has 8 heteroatoms. The van der Waals surface area contributed by atoms with Crippen molar-refractivity contribution in [1.29, 1.82) is 0 Å². The minimum atomic E-state index is 0. The number of hydrogen-bond donors (Lipinski definition) is 2. The van der Waals surface area contributed by atoms with Crippen LogP contribution in [0.2, 0.25) is 0 Å². The molecule has 1 aromatic heterocycles. The lowest BCUT2D eigenvalue weighted by molar-refractivity contribution is -0.128. The summed E-state index contributed by atoms with van der Waals surface area (Å²) in [7, 11) is 1.88. The van der Waals surface area contributed by atoms with Gasteiger partial charge in [-0.2, -0.15) is 5.10 Å². The molecule has 1 aliphatic heterocycles. The van der Waals surface area contributed by atoms with Gasteiger partial charge in [0.1, 0.15) is 0 Å². The summed E-state index contributed by atoms with van der Waals surface area (Å²) in [5, 5.41) is 10.4. The molecular formula is C14H25IN6O. The lowest BCUT2D eigenvalue weighted by atomic mass is 10.4. The van der Waals surface area contributed by atoms with Crippen LogP contribution >= 0.6 is 24.0 Å². The minimum absolute atomic E-state index is 0. The van der Waals surface area contributed by atoms with Crippen molar-refractivity contribution in [3.05, 3.63) is 18.0 Å². The fourth-order valence-electron chi connectivity index (χ4n) is 2.30. The highest BCUT2D eigenvalue weighted by Crippen LogP contribution is 2.06. The molecule has 0 aromatic carbocycles. The first-order chi connectivity index (χ1) is 10.2. The molecule has 0 aliphatic carbocycles. The van der Waals surface area contributed by atoms with E-state index in [1.165, 1.54) is 0 Å². The molecule has 0 unspecified atom stereocenters. The molecule has 0 atom stereocenters. The molecule has 0 saturated carbocycles. The normalized spacial score (nSPS) is 14.6. The topological polar surface area (TPSA) is 74.5 Å². The lowest BCUT2D eigenvalue weighted by Gasteiger charge is -2.17. The number of aliphatic imine (C=N–C) groups is 1. The molecule has 0 spiro atoms. The van der Waals surface area contributed by atoms with Crippen LogP contribution in [-0.4, -0.2) is 52.7 Å². The Morgan fingerprint density at radius 2 is 2.09 bits per heavy atom. The zero-order valence-electron chi connectivity index (χ0n) is 13.2. The van der Waals surface area contributed by atoms with Crippen molar-refractivity contribution in [2.24, 2.45) is 12.0 Å². The molecule has 1 saturated heterocycles. The average Bonchev–Trinajstić information content (AvgIpc) is 3.13. The molecule has 7 nitrogen and oxygen atoms in total. The van der Waals surface area contributed by atoms with E-state index in [2.05, 4.69) is 20.7 Å². The van der Waals surface area contributed by atoms with Crippen LogP contribution in [0.4, 0.5) is 0 Å². The lowest BCUT2D eigenvalue weighted by Crippen LogP contribution is -2.44. The van der Waals surface area contributed by atoms with Crippen molar-refractivity contribution >= 4 is 35.8 Å². The van der Waals surface area contributed by atoms with E-state index in [9.17, 15) is 4.79 Å². The maximum absolute atomic E-state index is 12.0. The van der Waals surface area contributed by atoms with E-state index in [-0.39, 0.29) is 29.9 Å². The van der Waals surface area contributed by atoms with Gasteiger partial charge in [0.2, 0.25) is 5.91 Å². The number of likely N-dealkylation sites (tertiary alicyclic amines) is 1. The fourth-order valence-corrected chi connectivity index (χ4v) is 2.30. The van der Waals surface area contributed by atoms with E-state index >= 15 is 0 Å². The Morgan fingerprint density at radius 1 is 1.36 bits per heavy atom. The molecule has 2 N–H and O–H groups in total. The highest BCUT2D eigenvalue weighted by molar-refractivity contribution is 14.0. The van der Waals surface area contributed by atoms with E-state index in [1.54, 1.807) is 10.9 Å². The second-order valence-electron chi connectivity index (χ2n) is 5.16. The van der Waals surface area contributed by atoms with Gasteiger partial charge in [0.15, 0.2) is 5.96 Å². The van der Waals surface area contributed by atoms with Gasteiger partial charge in [-0.15, -0.1) is 24.0 Å². The number of nitrogens with zero attached hydrogens (tertiary/aromatic N) is 4. The van der Waals surface area contributed by atoms with Crippen molar-refractivity contribution in [3.63, 3.8) is 0 Å². The van der Waals surface area contributed by atoms with E-state index in [4.69, 9.17) is 0 Å². The first-order valence-corrected chi connectivity index (χ1v) is 7.46. The van der Waals surface area contributed by atoms with Gasteiger partial charge in [0, 0.05) is 38.4 Å². The summed E-state index contributed by atoms with van der Waals surface area (Å²) in [5.41, 5.74) is 1.04. The molecular weight excluding hydrogens is 395 g/mol. The Labute approximate surface area is 148 Å². The number of halogens is 1. The molecule has 1 aromatic rings. The second kappa shape index (κ2) is 9.65. The quantitative estimate of drug-likeness (QED) is 0.418. The zero-order chi connectivity index (χ0) is 15.1. The van der Waals surface area contributed by atoms with Crippen LogP contribution in [0, 0.1) is 0 Å². The number of carbonyl (C=O) groups is 1. The minimum Gasteiger partial charge on any atom is -0.357 e. The van der Waals surface area contributed by atoms with Gasteiger partial charge in [0.05, 0.1) is 19.3 Å². The SMILES string of the molecule is CCNC(=NCc1cnn(C)c1)NCC(=O)N1CCCC1.I. The standard InChI is InChI=1S/C14H24N6O.HI/c1-3-15-14(16-8-12-9-18-19(2)11-12)17-10-13(21)20-6-4-5-7-20;/h9,11H,3-8,10H2,1-2H3,(H2,15,16,17);1H. The maximum atomic E-state index is 12.0. The summed E-state index contributed by atoms with van der Waals surface area (Å²) < 4.78 is 1.75. The Kier molecular flexibility index (Phi) is 8.21. The third kappa shape index (κ3) is 5.82. The summed E-state index contributed by atoms with van der Waals surface area (Å²) >= 11 is 0. The van der Waals surface area contributed by atoms with Crippen LogP contribution in [0.25, 0.3) is 0 Å². The first-order valence-electron chi connectivity index (χ1n) is 7.46. The van der Waals surface area contributed by atoms with Crippen molar-refractivity contribution in [1.82, 2.24) is 25.3 Å². The number of aromatic nitrogens is 2. The maximum Gasteiger partial charge on any atom is 0.241 e. The summed E-state index contributed by atoms with van der Waals surface area (Å²) in [6.45, 7) is 5.36. The number of carbonyl (C=O) groups excluding carboxylic acids is 1. The number of aryl methyl sites for hydroxylation is 1.